The molecular formula is C8H12IN3. The summed E-state index contributed by atoms with van der Waals surface area (Å²) in [5.41, 5.74) is 0. The van der Waals surface area contributed by atoms with Crippen molar-refractivity contribution in [1.82, 2.24) is 8.43 Å². The molecule has 4 heteroatoms. The highest BCUT2D eigenvalue weighted by molar-refractivity contribution is 14.1. The molecule has 2 heterocycles. The second-order valence-electron chi connectivity index (χ2n) is 3.56. The molecule has 3 unspecified atom stereocenters. The molecule has 2 bridgehead atoms. The van der Waals surface area contributed by atoms with Gasteiger partial charge in [-0.1, -0.05) is 0 Å². The highest BCUT2D eigenvalue weighted by Crippen LogP contribution is 2.29. The maximum absolute atomic E-state index is 8.66. The lowest BCUT2D eigenvalue weighted by atomic mass is 10.0. The largest absolute Gasteiger partial charge is 0.308 e. The molecule has 3 nitrogen and oxygen atoms in total. The van der Waals surface area contributed by atoms with Crippen LogP contribution in [0.15, 0.2) is 0 Å². The minimum atomic E-state index is 0.439. The van der Waals surface area contributed by atoms with E-state index in [1.165, 1.54) is 12.8 Å². The Morgan fingerprint density at radius 2 is 2.42 bits per heavy atom. The number of hydrogen-bond acceptors (Lipinski definition) is 3. The van der Waals surface area contributed by atoms with Crippen molar-refractivity contribution >= 4 is 22.9 Å². The van der Waals surface area contributed by atoms with E-state index in [0.717, 1.165) is 6.54 Å². The normalized spacial score (nSPS) is 41.2. The number of piperazine rings is 1. The second-order valence-corrected chi connectivity index (χ2v) is 4.80. The molecule has 0 radical (unpaired) electrons. The van der Waals surface area contributed by atoms with Crippen LogP contribution in [0.1, 0.15) is 19.3 Å². The van der Waals surface area contributed by atoms with Gasteiger partial charge in [-0.05, 0) is 12.8 Å². The molecule has 2 aliphatic heterocycles. The molecule has 2 saturated heterocycles. The van der Waals surface area contributed by atoms with Crippen molar-refractivity contribution in [2.75, 3.05) is 6.54 Å². The molecule has 0 aromatic rings. The SMILES string of the molecule is N#CCC1C2CCC(CN1I)N2. The molecule has 0 aliphatic carbocycles. The summed E-state index contributed by atoms with van der Waals surface area (Å²) in [7, 11) is 0. The molecule has 0 aromatic carbocycles. The molecule has 12 heavy (non-hydrogen) atoms. The van der Waals surface area contributed by atoms with Gasteiger partial charge in [0, 0.05) is 47.5 Å². The smallest absolute Gasteiger partial charge is 0.0639 e. The summed E-state index contributed by atoms with van der Waals surface area (Å²) in [5.74, 6) is 0. The van der Waals surface area contributed by atoms with Gasteiger partial charge in [-0.15, -0.1) is 0 Å². The van der Waals surface area contributed by atoms with Crippen LogP contribution in [0, 0.1) is 11.3 Å². The van der Waals surface area contributed by atoms with Crippen molar-refractivity contribution in [3.05, 3.63) is 0 Å². The van der Waals surface area contributed by atoms with E-state index in [1.54, 1.807) is 0 Å². The Kier molecular flexibility index (Phi) is 2.53. The highest BCUT2D eigenvalue weighted by atomic mass is 127. The summed E-state index contributed by atoms with van der Waals surface area (Å²) in [6, 6.07) is 3.96. The fourth-order valence-electron chi connectivity index (χ4n) is 2.17. The number of rotatable bonds is 1. The van der Waals surface area contributed by atoms with Crippen molar-refractivity contribution in [3.8, 4) is 6.07 Å². The Hall–Kier alpha value is 0.140. The third-order valence-corrected chi connectivity index (χ3v) is 3.90. The fraction of sp³-hybridized carbons (Fsp3) is 0.875. The zero-order valence-corrected chi connectivity index (χ0v) is 8.99. The highest BCUT2D eigenvalue weighted by Gasteiger charge is 2.38. The van der Waals surface area contributed by atoms with Gasteiger partial charge in [-0.25, -0.2) is 3.11 Å². The van der Waals surface area contributed by atoms with Gasteiger partial charge in [0.1, 0.15) is 0 Å². The molecular weight excluding hydrogens is 265 g/mol. The van der Waals surface area contributed by atoms with E-state index in [-0.39, 0.29) is 0 Å². The Bertz CT molecular complexity index is 213. The predicted octanol–water partition coefficient (Wildman–Crippen LogP) is 1.05. The van der Waals surface area contributed by atoms with E-state index in [9.17, 15) is 0 Å². The standard InChI is InChI=1S/C8H12IN3/c9-12-5-6-1-2-7(11-6)8(12)3-4-10/h6-8,11H,1-3,5H2. The van der Waals surface area contributed by atoms with Crippen LogP contribution in [0.3, 0.4) is 0 Å². The van der Waals surface area contributed by atoms with Crippen molar-refractivity contribution in [2.45, 2.75) is 37.4 Å². The summed E-state index contributed by atoms with van der Waals surface area (Å²) < 4.78 is 2.31. The molecule has 3 atom stereocenters. The summed E-state index contributed by atoms with van der Waals surface area (Å²) in [6.07, 6.45) is 3.19. The first-order valence-corrected chi connectivity index (χ1v) is 5.33. The topological polar surface area (TPSA) is 39.1 Å². The lowest BCUT2D eigenvalue weighted by Gasteiger charge is -2.35. The zero-order valence-electron chi connectivity index (χ0n) is 6.83. The van der Waals surface area contributed by atoms with E-state index < -0.39 is 0 Å². The van der Waals surface area contributed by atoms with Crippen molar-refractivity contribution in [3.63, 3.8) is 0 Å². The number of fused-ring (bicyclic) bond motifs is 2. The van der Waals surface area contributed by atoms with Crippen LogP contribution in [-0.4, -0.2) is 27.8 Å². The van der Waals surface area contributed by atoms with Crippen LogP contribution in [0.25, 0.3) is 0 Å². The minimum absolute atomic E-state index is 0.439. The van der Waals surface area contributed by atoms with Crippen molar-refractivity contribution in [2.24, 2.45) is 0 Å². The fourth-order valence-corrected chi connectivity index (χ4v) is 3.23. The number of nitriles is 1. The van der Waals surface area contributed by atoms with Gasteiger partial charge in [-0.2, -0.15) is 5.26 Å². The number of halogens is 1. The maximum Gasteiger partial charge on any atom is 0.0639 e. The first-order valence-electron chi connectivity index (χ1n) is 4.36. The van der Waals surface area contributed by atoms with Gasteiger partial charge in [0.2, 0.25) is 0 Å². The van der Waals surface area contributed by atoms with Crippen LogP contribution in [0.5, 0.6) is 0 Å². The maximum atomic E-state index is 8.66. The van der Waals surface area contributed by atoms with Crippen LogP contribution in [0.2, 0.25) is 0 Å². The Balaban J connectivity index is 2.06. The molecule has 1 N–H and O–H groups in total. The molecule has 66 valence electrons. The molecule has 0 aromatic heterocycles. The Morgan fingerprint density at radius 1 is 1.58 bits per heavy atom. The molecule has 0 saturated carbocycles. The monoisotopic (exact) mass is 277 g/mol. The minimum Gasteiger partial charge on any atom is -0.308 e. The Labute approximate surface area is 86.6 Å². The average Bonchev–Trinajstić information content (AvgIpc) is 2.43. The second kappa shape index (κ2) is 3.48. The van der Waals surface area contributed by atoms with E-state index in [0.29, 0.717) is 24.5 Å². The van der Waals surface area contributed by atoms with Gasteiger partial charge in [0.15, 0.2) is 0 Å². The summed E-state index contributed by atoms with van der Waals surface area (Å²) in [4.78, 5) is 0. The van der Waals surface area contributed by atoms with Gasteiger partial charge < -0.3 is 5.32 Å². The van der Waals surface area contributed by atoms with E-state index in [1.807, 2.05) is 0 Å². The predicted molar refractivity (Wildman–Crippen MR) is 54.7 cm³/mol. The summed E-state index contributed by atoms with van der Waals surface area (Å²) in [6.45, 7) is 1.10. The molecule has 0 amide bonds. The quantitative estimate of drug-likeness (QED) is 0.575. The van der Waals surface area contributed by atoms with E-state index in [4.69, 9.17) is 5.26 Å². The number of nitrogens with zero attached hydrogens (tertiary/aromatic N) is 2. The van der Waals surface area contributed by atoms with Crippen molar-refractivity contribution < 1.29 is 0 Å². The zero-order chi connectivity index (χ0) is 8.55. The lowest BCUT2D eigenvalue weighted by molar-refractivity contribution is 0.249. The van der Waals surface area contributed by atoms with E-state index in [2.05, 4.69) is 37.4 Å². The van der Waals surface area contributed by atoms with E-state index >= 15 is 0 Å². The Morgan fingerprint density at radius 3 is 3.17 bits per heavy atom. The molecule has 2 fully saturated rings. The molecule has 2 rings (SSSR count). The van der Waals surface area contributed by atoms with Crippen LogP contribution in [0.4, 0.5) is 0 Å². The van der Waals surface area contributed by atoms with Gasteiger partial charge in [0.05, 0.1) is 12.5 Å². The van der Waals surface area contributed by atoms with Crippen LogP contribution >= 0.6 is 22.9 Å². The van der Waals surface area contributed by atoms with Gasteiger partial charge >= 0.3 is 0 Å². The first-order chi connectivity index (χ1) is 5.81. The number of nitrogens with one attached hydrogen (secondary N) is 1. The van der Waals surface area contributed by atoms with Crippen LogP contribution in [-0.2, 0) is 0 Å². The molecule has 2 aliphatic rings. The van der Waals surface area contributed by atoms with Crippen LogP contribution < -0.4 is 5.32 Å². The third-order valence-electron chi connectivity index (χ3n) is 2.80. The summed E-state index contributed by atoms with van der Waals surface area (Å²) >= 11 is 2.35. The first kappa shape index (κ1) is 8.73. The lowest BCUT2D eigenvalue weighted by Crippen LogP contribution is -2.53. The molecule has 0 spiro atoms. The van der Waals surface area contributed by atoms with Gasteiger partial charge in [0.25, 0.3) is 0 Å². The average molecular weight is 277 g/mol. The third kappa shape index (κ3) is 1.45. The van der Waals surface area contributed by atoms with Crippen molar-refractivity contribution in [1.29, 1.82) is 5.26 Å². The number of hydrogen-bond donors (Lipinski definition) is 1. The van der Waals surface area contributed by atoms with Gasteiger partial charge in [-0.3, -0.25) is 0 Å². The summed E-state index contributed by atoms with van der Waals surface area (Å²) in [5, 5.41) is 12.2.